The summed E-state index contributed by atoms with van der Waals surface area (Å²) in [6, 6.07) is 0. The van der Waals surface area contributed by atoms with Crippen molar-refractivity contribution in [3.05, 3.63) is 17.0 Å². The number of aliphatic hydroxyl groups is 2. The zero-order valence-corrected chi connectivity index (χ0v) is 9.43. The standard InChI is InChI=1S/C10H15NO5/c1-4-15-10(14)9(13)8(12)7-5(2)11-16-6(7)3/h8-9,12-13H,4H2,1-3H3. The summed E-state index contributed by atoms with van der Waals surface area (Å²) in [5, 5.41) is 23.0. The number of hydrogen-bond donors (Lipinski definition) is 2. The molecule has 1 aromatic rings. The van der Waals surface area contributed by atoms with E-state index in [1.54, 1.807) is 20.8 Å². The molecule has 0 aliphatic carbocycles. The van der Waals surface area contributed by atoms with E-state index in [0.29, 0.717) is 17.0 Å². The minimum Gasteiger partial charge on any atom is -0.464 e. The van der Waals surface area contributed by atoms with Crippen LogP contribution in [0.3, 0.4) is 0 Å². The van der Waals surface area contributed by atoms with Gasteiger partial charge in [-0.15, -0.1) is 0 Å². The molecule has 2 N–H and O–H groups in total. The lowest BCUT2D eigenvalue weighted by atomic mass is 10.0. The van der Waals surface area contributed by atoms with Gasteiger partial charge in [-0.25, -0.2) is 4.79 Å². The van der Waals surface area contributed by atoms with Crippen molar-refractivity contribution < 1.29 is 24.3 Å². The van der Waals surface area contributed by atoms with Gasteiger partial charge in [0.2, 0.25) is 0 Å². The molecular formula is C10H15NO5. The molecular weight excluding hydrogens is 214 g/mol. The molecule has 0 fully saturated rings. The van der Waals surface area contributed by atoms with Gasteiger partial charge in [-0.3, -0.25) is 0 Å². The Morgan fingerprint density at radius 2 is 2.12 bits per heavy atom. The topological polar surface area (TPSA) is 92.8 Å². The Balaban J connectivity index is 2.85. The van der Waals surface area contributed by atoms with Crippen LogP contribution in [0, 0.1) is 13.8 Å². The van der Waals surface area contributed by atoms with E-state index in [0.717, 1.165) is 0 Å². The third-order valence-corrected chi connectivity index (χ3v) is 2.21. The summed E-state index contributed by atoms with van der Waals surface area (Å²) in [6.07, 6.45) is -3.01. The quantitative estimate of drug-likeness (QED) is 0.719. The van der Waals surface area contributed by atoms with Crippen molar-refractivity contribution in [2.75, 3.05) is 6.61 Å². The molecule has 0 amide bonds. The van der Waals surface area contributed by atoms with E-state index in [1.165, 1.54) is 0 Å². The van der Waals surface area contributed by atoms with Crippen LogP contribution >= 0.6 is 0 Å². The maximum Gasteiger partial charge on any atom is 0.338 e. The molecule has 16 heavy (non-hydrogen) atoms. The Hall–Kier alpha value is -1.40. The van der Waals surface area contributed by atoms with Crippen LogP contribution in [0.5, 0.6) is 0 Å². The smallest absolute Gasteiger partial charge is 0.338 e. The van der Waals surface area contributed by atoms with Crippen molar-refractivity contribution in [2.24, 2.45) is 0 Å². The summed E-state index contributed by atoms with van der Waals surface area (Å²) < 4.78 is 9.44. The second-order valence-electron chi connectivity index (χ2n) is 3.38. The summed E-state index contributed by atoms with van der Waals surface area (Å²) in [7, 11) is 0. The van der Waals surface area contributed by atoms with Crippen molar-refractivity contribution in [1.82, 2.24) is 5.16 Å². The number of aliphatic hydroxyl groups excluding tert-OH is 2. The van der Waals surface area contributed by atoms with Crippen LogP contribution in [-0.2, 0) is 9.53 Å². The van der Waals surface area contributed by atoms with Gasteiger partial charge in [0.05, 0.1) is 12.3 Å². The highest BCUT2D eigenvalue weighted by Crippen LogP contribution is 2.24. The van der Waals surface area contributed by atoms with E-state index >= 15 is 0 Å². The second kappa shape index (κ2) is 5.09. The van der Waals surface area contributed by atoms with Gasteiger partial charge in [0.1, 0.15) is 11.9 Å². The molecule has 2 unspecified atom stereocenters. The molecule has 0 saturated carbocycles. The molecule has 2 atom stereocenters. The molecule has 1 heterocycles. The average Bonchev–Trinajstić information content (AvgIpc) is 2.57. The molecule has 6 nitrogen and oxygen atoms in total. The van der Waals surface area contributed by atoms with Crippen molar-refractivity contribution in [3.8, 4) is 0 Å². The fraction of sp³-hybridized carbons (Fsp3) is 0.600. The van der Waals surface area contributed by atoms with Gasteiger partial charge in [-0.2, -0.15) is 0 Å². The van der Waals surface area contributed by atoms with Crippen LogP contribution < -0.4 is 0 Å². The van der Waals surface area contributed by atoms with Crippen molar-refractivity contribution in [3.63, 3.8) is 0 Å². The number of carbonyl (C=O) groups is 1. The number of esters is 1. The van der Waals surface area contributed by atoms with E-state index < -0.39 is 18.2 Å². The molecule has 0 aliphatic heterocycles. The molecule has 0 radical (unpaired) electrons. The SMILES string of the molecule is CCOC(=O)C(O)C(O)c1c(C)noc1C. The van der Waals surface area contributed by atoms with Crippen LogP contribution in [0.2, 0.25) is 0 Å². The first-order valence-electron chi connectivity index (χ1n) is 4.94. The normalized spacial score (nSPS) is 14.6. The molecule has 0 saturated heterocycles. The van der Waals surface area contributed by atoms with Crippen molar-refractivity contribution >= 4 is 5.97 Å². The Morgan fingerprint density at radius 3 is 2.56 bits per heavy atom. The zero-order chi connectivity index (χ0) is 12.3. The van der Waals surface area contributed by atoms with Gasteiger partial charge < -0.3 is 19.5 Å². The van der Waals surface area contributed by atoms with E-state index in [9.17, 15) is 15.0 Å². The molecule has 0 aromatic carbocycles. The van der Waals surface area contributed by atoms with E-state index in [2.05, 4.69) is 9.89 Å². The summed E-state index contributed by atoms with van der Waals surface area (Å²) in [5.74, 6) is -0.497. The fourth-order valence-electron chi connectivity index (χ4n) is 1.43. The van der Waals surface area contributed by atoms with Gasteiger partial charge in [0.25, 0.3) is 0 Å². The predicted molar refractivity (Wildman–Crippen MR) is 53.6 cm³/mol. The molecule has 0 spiro atoms. The van der Waals surface area contributed by atoms with Crippen LogP contribution in [0.15, 0.2) is 4.52 Å². The highest BCUT2D eigenvalue weighted by molar-refractivity contribution is 5.75. The van der Waals surface area contributed by atoms with E-state index in [-0.39, 0.29) is 6.61 Å². The minimum absolute atomic E-state index is 0.143. The second-order valence-corrected chi connectivity index (χ2v) is 3.38. The fourth-order valence-corrected chi connectivity index (χ4v) is 1.43. The van der Waals surface area contributed by atoms with E-state index in [1.807, 2.05) is 0 Å². The maximum atomic E-state index is 11.2. The van der Waals surface area contributed by atoms with Gasteiger partial charge in [-0.05, 0) is 20.8 Å². The summed E-state index contributed by atoms with van der Waals surface area (Å²) >= 11 is 0. The highest BCUT2D eigenvalue weighted by Gasteiger charge is 2.31. The van der Waals surface area contributed by atoms with Crippen LogP contribution in [-0.4, -0.2) is 34.0 Å². The lowest BCUT2D eigenvalue weighted by Gasteiger charge is -2.15. The number of hydrogen-bond acceptors (Lipinski definition) is 6. The number of aromatic nitrogens is 1. The number of rotatable bonds is 4. The maximum absolute atomic E-state index is 11.2. The zero-order valence-electron chi connectivity index (χ0n) is 9.43. The van der Waals surface area contributed by atoms with Gasteiger partial charge in [0.15, 0.2) is 6.10 Å². The predicted octanol–water partition coefficient (Wildman–Crippen LogP) is 0.249. The van der Waals surface area contributed by atoms with Gasteiger partial charge in [0, 0.05) is 5.56 Å². The van der Waals surface area contributed by atoms with Crippen molar-refractivity contribution in [1.29, 1.82) is 0 Å². The molecule has 0 aliphatic rings. The molecule has 0 bridgehead atoms. The Bertz CT molecular complexity index is 354. The van der Waals surface area contributed by atoms with Crippen molar-refractivity contribution in [2.45, 2.75) is 33.0 Å². The Kier molecular flexibility index (Phi) is 4.03. The average molecular weight is 229 g/mol. The first kappa shape index (κ1) is 12.7. The molecule has 1 aromatic heterocycles. The van der Waals surface area contributed by atoms with Crippen LogP contribution in [0.25, 0.3) is 0 Å². The number of carbonyl (C=O) groups excluding carboxylic acids is 1. The summed E-state index contributed by atoms with van der Waals surface area (Å²) in [6.45, 7) is 4.97. The molecule has 1 rings (SSSR count). The lowest BCUT2D eigenvalue weighted by molar-refractivity contribution is -0.159. The lowest BCUT2D eigenvalue weighted by Crippen LogP contribution is -2.30. The van der Waals surface area contributed by atoms with Crippen LogP contribution in [0.1, 0.15) is 30.0 Å². The summed E-state index contributed by atoms with van der Waals surface area (Å²) in [4.78, 5) is 11.2. The van der Waals surface area contributed by atoms with Gasteiger partial charge >= 0.3 is 5.97 Å². The van der Waals surface area contributed by atoms with E-state index in [4.69, 9.17) is 4.52 Å². The summed E-state index contributed by atoms with van der Waals surface area (Å²) in [5.41, 5.74) is 0.758. The number of nitrogens with zero attached hydrogens (tertiary/aromatic N) is 1. The number of ether oxygens (including phenoxy) is 1. The molecule has 90 valence electrons. The van der Waals surface area contributed by atoms with Crippen LogP contribution in [0.4, 0.5) is 0 Å². The third kappa shape index (κ3) is 2.40. The first-order chi connectivity index (χ1) is 7.49. The first-order valence-corrected chi connectivity index (χ1v) is 4.94. The highest BCUT2D eigenvalue weighted by atomic mass is 16.5. The third-order valence-electron chi connectivity index (χ3n) is 2.21. The minimum atomic E-state index is -1.63. The Labute approximate surface area is 92.8 Å². The molecule has 6 heteroatoms. The monoisotopic (exact) mass is 229 g/mol. The Morgan fingerprint density at radius 1 is 1.50 bits per heavy atom. The largest absolute Gasteiger partial charge is 0.464 e. The number of aryl methyl sites for hydroxylation is 2. The van der Waals surface area contributed by atoms with Gasteiger partial charge in [-0.1, -0.05) is 5.16 Å².